The van der Waals surface area contributed by atoms with Gasteiger partial charge in [0.15, 0.2) is 0 Å². The summed E-state index contributed by atoms with van der Waals surface area (Å²) in [5.74, 6) is 0.0267. The number of amides is 1. The van der Waals surface area contributed by atoms with Gasteiger partial charge < -0.3 is 11.1 Å². The maximum Gasteiger partial charge on any atom is 0.221 e. The number of halogens is 1. The molecular weight excluding hydrogens is 302 g/mol. The standard InChI is InChI=1S/C11H18BrN3OS/c1-14-11(16)4-9(5-13)15(2)6-8-3-10(12)17-7-8/h3,7,9H,4-6,13H2,1-2H3,(H,14,16). The second-order valence-corrected chi connectivity index (χ2v) is 6.23. The first kappa shape index (κ1) is 14.6. The van der Waals surface area contributed by atoms with E-state index in [0.29, 0.717) is 13.0 Å². The molecule has 1 atom stereocenters. The molecule has 0 aromatic carbocycles. The average molecular weight is 320 g/mol. The Morgan fingerprint density at radius 2 is 2.41 bits per heavy atom. The van der Waals surface area contributed by atoms with Gasteiger partial charge in [-0.3, -0.25) is 9.69 Å². The van der Waals surface area contributed by atoms with Crippen molar-refractivity contribution in [1.82, 2.24) is 10.2 Å². The van der Waals surface area contributed by atoms with Gasteiger partial charge in [0.25, 0.3) is 0 Å². The van der Waals surface area contributed by atoms with Crippen molar-refractivity contribution in [2.24, 2.45) is 5.73 Å². The summed E-state index contributed by atoms with van der Waals surface area (Å²) in [7, 11) is 3.64. The Balaban J connectivity index is 2.54. The van der Waals surface area contributed by atoms with E-state index in [4.69, 9.17) is 5.73 Å². The van der Waals surface area contributed by atoms with E-state index in [2.05, 4.69) is 37.6 Å². The summed E-state index contributed by atoms with van der Waals surface area (Å²) >= 11 is 5.10. The third kappa shape index (κ3) is 4.75. The van der Waals surface area contributed by atoms with Gasteiger partial charge in [0.2, 0.25) is 5.91 Å². The lowest BCUT2D eigenvalue weighted by Crippen LogP contribution is -2.40. The topological polar surface area (TPSA) is 58.4 Å². The second kappa shape index (κ2) is 7.10. The maximum atomic E-state index is 11.3. The van der Waals surface area contributed by atoms with Crippen LogP contribution in [0.3, 0.4) is 0 Å². The Bertz CT molecular complexity index is 369. The van der Waals surface area contributed by atoms with Gasteiger partial charge in [-0.15, -0.1) is 11.3 Å². The molecule has 0 bridgehead atoms. The lowest BCUT2D eigenvalue weighted by molar-refractivity contribution is -0.121. The van der Waals surface area contributed by atoms with Gasteiger partial charge >= 0.3 is 0 Å². The molecule has 0 saturated carbocycles. The summed E-state index contributed by atoms with van der Waals surface area (Å²) in [5, 5.41) is 4.73. The zero-order valence-electron chi connectivity index (χ0n) is 10.1. The normalized spacial score (nSPS) is 12.8. The van der Waals surface area contributed by atoms with E-state index in [9.17, 15) is 4.79 Å². The predicted molar refractivity (Wildman–Crippen MR) is 75.0 cm³/mol. The number of carbonyl (C=O) groups excluding carboxylic acids is 1. The third-order valence-corrected chi connectivity index (χ3v) is 4.20. The Labute approximate surface area is 114 Å². The fraction of sp³-hybridized carbons (Fsp3) is 0.545. The minimum absolute atomic E-state index is 0.0267. The highest BCUT2D eigenvalue weighted by molar-refractivity contribution is 9.11. The minimum atomic E-state index is 0.0267. The third-order valence-electron chi connectivity index (χ3n) is 2.65. The number of hydrogen-bond acceptors (Lipinski definition) is 4. The SMILES string of the molecule is CNC(=O)CC(CN)N(C)Cc1csc(Br)c1. The smallest absolute Gasteiger partial charge is 0.221 e. The minimum Gasteiger partial charge on any atom is -0.359 e. The molecule has 6 heteroatoms. The van der Waals surface area contributed by atoms with Crippen molar-refractivity contribution in [3.63, 3.8) is 0 Å². The molecular formula is C11H18BrN3OS. The fourth-order valence-corrected chi connectivity index (χ4v) is 2.78. The molecule has 0 aliphatic heterocycles. The number of nitrogens with one attached hydrogen (secondary N) is 1. The zero-order chi connectivity index (χ0) is 12.8. The quantitative estimate of drug-likeness (QED) is 0.833. The summed E-state index contributed by atoms with van der Waals surface area (Å²) in [6, 6.07) is 2.17. The molecule has 1 amide bonds. The lowest BCUT2D eigenvalue weighted by Gasteiger charge is -2.25. The molecule has 0 aliphatic carbocycles. The number of nitrogens with zero attached hydrogens (tertiary/aromatic N) is 1. The first-order valence-corrected chi connectivity index (χ1v) is 7.08. The predicted octanol–water partition coefficient (Wildman–Crippen LogP) is 1.41. The summed E-state index contributed by atoms with van der Waals surface area (Å²) in [4.78, 5) is 13.5. The van der Waals surface area contributed by atoms with Gasteiger partial charge in [-0.1, -0.05) is 0 Å². The van der Waals surface area contributed by atoms with Crippen LogP contribution >= 0.6 is 27.3 Å². The largest absolute Gasteiger partial charge is 0.359 e. The van der Waals surface area contributed by atoms with Crippen molar-refractivity contribution in [2.45, 2.75) is 19.0 Å². The van der Waals surface area contributed by atoms with Crippen molar-refractivity contribution >= 4 is 33.2 Å². The van der Waals surface area contributed by atoms with Crippen LogP contribution in [0.15, 0.2) is 15.2 Å². The fourth-order valence-electron chi connectivity index (χ4n) is 1.58. The molecule has 1 aromatic heterocycles. The summed E-state index contributed by atoms with van der Waals surface area (Å²) in [5.41, 5.74) is 6.94. The molecule has 0 aliphatic rings. The maximum absolute atomic E-state index is 11.3. The molecule has 0 spiro atoms. The van der Waals surface area contributed by atoms with Gasteiger partial charge in [0, 0.05) is 32.6 Å². The molecule has 96 valence electrons. The van der Waals surface area contributed by atoms with Gasteiger partial charge in [-0.2, -0.15) is 0 Å². The molecule has 0 fully saturated rings. The lowest BCUT2D eigenvalue weighted by atomic mass is 10.1. The summed E-state index contributed by atoms with van der Waals surface area (Å²) in [6.07, 6.45) is 0.439. The molecule has 17 heavy (non-hydrogen) atoms. The highest BCUT2D eigenvalue weighted by Gasteiger charge is 2.17. The Kier molecular flexibility index (Phi) is 6.11. The molecule has 1 heterocycles. The van der Waals surface area contributed by atoms with Crippen LogP contribution in [0.1, 0.15) is 12.0 Å². The van der Waals surface area contributed by atoms with Crippen molar-refractivity contribution in [3.05, 3.63) is 20.8 Å². The molecule has 1 unspecified atom stereocenters. The van der Waals surface area contributed by atoms with Crippen LogP contribution < -0.4 is 11.1 Å². The van der Waals surface area contributed by atoms with Crippen LogP contribution in [0.25, 0.3) is 0 Å². The zero-order valence-corrected chi connectivity index (χ0v) is 12.5. The molecule has 0 saturated heterocycles. The highest BCUT2D eigenvalue weighted by Crippen LogP contribution is 2.22. The Hall–Kier alpha value is -0.430. The molecule has 1 aromatic rings. The van der Waals surface area contributed by atoms with Crippen LogP contribution in [0.5, 0.6) is 0 Å². The molecule has 3 N–H and O–H groups in total. The van der Waals surface area contributed by atoms with Gasteiger partial charge in [-0.05, 0) is 40.0 Å². The van der Waals surface area contributed by atoms with E-state index in [1.54, 1.807) is 18.4 Å². The molecule has 0 radical (unpaired) electrons. The Morgan fingerprint density at radius 1 is 1.71 bits per heavy atom. The average Bonchev–Trinajstić information content (AvgIpc) is 2.70. The van der Waals surface area contributed by atoms with Crippen molar-refractivity contribution in [1.29, 1.82) is 0 Å². The highest BCUT2D eigenvalue weighted by atomic mass is 79.9. The number of rotatable bonds is 6. The van der Waals surface area contributed by atoms with E-state index in [1.807, 2.05) is 7.05 Å². The first-order valence-electron chi connectivity index (χ1n) is 5.40. The summed E-state index contributed by atoms with van der Waals surface area (Å²) in [6.45, 7) is 1.29. The number of likely N-dealkylation sites (N-methyl/N-ethyl adjacent to an activating group) is 1. The summed E-state index contributed by atoms with van der Waals surface area (Å²) < 4.78 is 1.12. The number of hydrogen-bond donors (Lipinski definition) is 2. The van der Waals surface area contributed by atoms with E-state index >= 15 is 0 Å². The van der Waals surface area contributed by atoms with Crippen LogP contribution in [0.2, 0.25) is 0 Å². The van der Waals surface area contributed by atoms with Crippen LogP contribution in [-0.4, -0.2) is 37.5 Å². The van der Waals surface area contributed by atoms with Gasteiger partial charge in [0.05, 0.1) is 3.79 Å². The monoisotopic (exact) mass is 319 g/mol. The van der Waals surface area contributed by atoms with Crippen molar-refractivity contribution < 1.29 is 4.79 Å². The van der Waals surface area contributed by atoms with E-state index in [-0.39, 0.29) is 11.9 Å². The molecule has 4 nitrogen and oxygen atoms in total. The Morgan fingerprint density at radius 3 is 2.88 bits per heavy atom. The van der Waals surface area contributed by atoms with Crippen molar-refractivity contribution in [2.75, 3.05) is 20.6 Å². The van der Waals surface area contributed by atoms with Gasteiger partial charge in [0.1, 0.15) is 0 Å². The number of carbonyl (C=O) groups is 1. The second-order valence-electron chi connectivity index (χ2n) is 3.94. The van der Waals surface area contributed by atoms with E-state index < -0.39 is 0 Å². The van der Waals surface area contributed by atoms with Crippen LogP contribution in [-0.2, 0) is 11.3 Å². The number of thiophene rings is 1. The van der Waals surface area contributed by atoms with Crippen LogP contribution in [0, 0.1) is 0 Å². The van der Waals surface area contributed by atoms with Crippen LogP contribution in [0.4, 0.5) is 0 Å². The molecule has 1 rings (SSSR count). The van der Waals surface area contributed by atoms with E-state index in [0.717, 1.165) is 10.3 Å². The van der Waals surface area contributed by atoms with Crippen molar-refractivity contribution in [3.8, 4) is 0 Å². The number of nitrogens with two attached hydrogens (primary N) is 1. The van der Waals surface area contributed by atoms with E-state index in [1.165, 1.54) is 5.56 Å². The first-order chi connectivity index (χ1) is 8.06. The van der Waals surface area contributed by atoms with Gasteiger partial charge in [-0.25, -0.2) is 0 Å².